The maximum absolute atomic E-state index is 5.41. The van der Waals surface area contributed by atoms with Crippen LogP contribution in [-0.2, 0) is 9.47 Å². The van der Waals surface area contributed by atoms with Crippen LogP contribution in [0.1, 0.15) is 12.5 Å². The molecule has 0 bridgehead atoms. The van der Waals surface area contributed by atoms with Crippen LogP contribution in [0.4, 0.5) is 5.69 Å². The van der Waals surface area contributed by atoms with Gasteiger partial charge in [-0.05, 0) is 36.8 Å². The van der Waals surface area contributed by atoms with E-state index in [4.69, 9.17) is 21.7 Å². The van der Waals surface area contributed by atoms with Crippen LogP contribution < -0.4 is 20.5 Å². The Kier molecular flexibility index (Phi) is 7.82. The van der Waals surface area contributed by atoms with E-state index in [9.17, 15) is 0 Å². The van der Waals surface area contributed by atoms with Crippen LogP contribution >= 0.6 is 12.2 Å². The molecule has 27 heavy (non-hydrogen) atoms. The molecule has 2 fully saturated rings. The smallest absolute Gasteiger partial charge is 0.187 e. The number of nitrogens with one attached hydrogen (secondary N) is 3. The van der Waals surface area contributed by atoms with Gasteiger partial charge in [-0.25, -0.2) is 0 Å². The Morgan fingerprint density at radius 2 is 1.78 bits per heavy atom. The Hall–Kier alpha value is -1.74. The minimum absolute atomic E-state index is 0.562. The summed E-state index contributed by atoms with van der Waals surface area (Å²) in [4.78, 5) is 3.89. The van der Waals surface area contributed by atoms with Crippen LogP contribution in [0.15, 0.2) is 29.4 Å². The molecule has 0 saturated carbocycles. The van der Waals surface area contributed by atoms with Gasteiger partial charge >= 0.3 is 0 Å². The lowest BCUT2D eigenvalue weighted by atomic mass is 10.1. The number of thiocarbonyl (C=S) groups is 1. The van der Waals surface area contributed by atoms with E-state index < -0.39 is 0 Å². The normalized spacial score (nSPS) is 19.0. The molecule has 2 aliphatic rings. The molecule has 0 spiro atoms. The van der Waals surface area contributed by atoms with Gasteiger partial charge in [-0.15, -0.1) is 0 Å². The van der Waals surface area contributed by atoms with E-state index in [1.54, 1.807) is 4.90 Å². The average Bonchev–Trinajstić information content (AvgIpc) is 2.73. The number of morpholine rings is 2. The highest BCUT2D eigenvalue weighted by Gasteiger charge is 2.13. The fourth-order valence-electron chi connectivity index (χ4n) is 3.24. The predicted octanol–water partition coefficient (Wildman–Crippen LogP) is -0.374. The second-order valence-corrected chi connectivity index (χ2v) is 7.23. The van der Waals surface area contributed by atoms with Gasteiger partial charge in [0.15, 0.2) is 5.11 Å². The molecule has 0 unspecified atom stereocenters. The quantitative estimate of drug-likeness (QED) is 0.349. The van der Waals surface area contributed by atoms with Crippen LogP contribution in [0.3, 0.4) is 0 Å². The molecule has 0 amide bonds. The van der Waals surface area contributed by atoms with Gasteiger partial charge < -0.3 is 24.6 Å². The lowest BCUT2D eigenvalue weighted by molar-refractivity contribution is -0.906. The molecule has 2 aliphatic heterocycles. The van der Waals surface area contributed by atoms with Crippen molar-refractivity contribution in [3.05, 3.63) is 29.8 Å². The van der Waals surface area contributed by atoms with Crippen molar-refractivity contribution in [1.82, 2.24) is 10.7 Å². The fraction of sp³-hybridized carbons (Fsp3) is 0.579. The standard InChI is InChI=1S/C19H29N5O2S/c1-16(17-2-4-18(5-3-17)24-10-14-26-15-11-24)21-22-19(27)20-6-7-23-8-12-25-13-9-23/h2-5H,6-15H2,1H3,(H2,20,22,27)/p+1/b21-16-. The van der Waals surface area contributed by atoms with E-state index in [2.05, 4.69) is 45.0 Å². The highest BCUT2D eigenvalue weighted by atomic mass is 32.1. The molecule has 0 aliphatic carbocycles. The first kappa shape index (κ1) is 20.0. The molecule has 148 valence electrons. The van der Waals surface area contributed by atoms with Gasteiger partial charge in [0.25, 0.3) is 0 Å². The number of rotatable bonds is 6. The summed E-state index contributed by atoms with van der Waals surface area (Å²) in [6, 6.07) is 8.48. The number of hydrogen-bond donors (Lipinski definition) is 3. The van der Waals surface area contributed by atoms with E-state index in [0.717, 1.165) is 77.0 Å². The van der Waals surface area contributed by atoms with Gasteiger partial charge in [-0.2, -0.15) is 5.10 Å². The van der Waals surface area contributed by atoms with Gasteiger partial charge in [0, 0.05) is 18.8 Å². The van der Waals surface area contributed by atoms with Crippen molar-refractivity contribution in [2.75, 3.05) is 70.6 Å². The first-order valence-electron chi connectivity index (χ1n) is 9.65. The molecule has 2 heterocycles. The monoisotopic (exact) mass is 392 g/mol. The third kappa shape index (κ3) is 6.42. The van der Waals surface area contributed by atoms with Crippen molar-refractivity contribution >= 4 is 28.7 Å². The van der Waals surface area contributed by atoms with Crippen LogP contribution in [-0.4, -0.2) is 76.5 Å². The highest BCUT2D eigenvalue weighted by Crippen LogP contribution is 2.17. The number of anilines is 1. The summed E-state index contributed by atoms with van der Waals surface area (Å²) in [5.74, 6) is 0. The maximum atomic E-state index is 5.41. The molecular weight excluding hydrogens is 362 g/mol. The first-order valence-corrected chi connectivity index (χ1v) is 10.1. The van der Waals surface area contributed by atoms with Crippen molar-refractivity contribution in [3.8, 4) is 0 Å². The van der Waals surface area contributed by atoms with E-state index in [-0.39, 0.29) is 0 Å². The highest BCUT2D eigenvalue weighted by molar-refractivity contribution is 7.80. The van der Waals surface area contributed by atoms with Crippen LogP contribution in [0.5, 0.6) is 0 Å². The number of hydrazone groups is 1. The summed E-state index contributed by atoms with van der Waals surface area (Å²) in [5.41, 5.74) is 6.16. The second kappa shape index (κ2) is 10.6. The number of benzene rings is 1. The third-order valence-electron chi connectivity index (χ3n) is 4.95. The fourth-order valence-corrected chi connectivity index (χ4v) is 3.38. The number of quaternary nitrogens is 1. The third-order valence-corrected chi connectivity index (χ3v) is 5.19. The molecule has 7 nitrogen and oxygen atoms in total. The summed E-state index contributed by atoms with van der Waals surface area (Å²) < 4.78 is 10.8. The Morgan fingerprint density at radius 1 is 1.11 bits per heavy atom. The molecule has 0 atom stereocenters. The number of nitrogens with zero attached hydrogens (tertiary/aromatic N) is 2. The Balaban J connectivity index is 1.41. The van der Waals surface area contributed by atoms with Crippen molar-refractivity contribution in [2.45, 2.75) is 6.92 Å². The lowest BCUT2D eigenvalue weighted by Crippen LogP contribution is -3.14. The van der Waals surface area contributed by atoms with Crippen molar-refractivity contribution < 1.29 is 14.4 Å². The van der Waals surface area contributed by atoms with Crippen LogP contribution in [0.2, 0.25) is 0 Å². The molecule has 3 N–H and O–H groups in total. The molecule has 3 rings (SSSR count). The van der Waals surface area contributed by atoms with Gasteiger partial charge in [0.2, 0.25) is 0 Å². The summed E-state index contributed by atoms with van der Waals surface area (Å²) in [6.07, 6.45) is 0. The van der Waals surface area contributed by atoms with Crippen molar-refractivity contribution in [1.29, 1.82) is 0 Å². The molecular formula is C19H30N5O2S+. The number of ether oxygens (including phenoxy) is 2. The summed E-state index contributed by atoms with van der Waals surface area (Å²) in [6.45, 7) is 11.2. The second-order valence-electron chi connectivity index (χ2n) is 6.82. The molecule has 1 aromatic carbocycles. The Labute approximate surface area is 166 Å². The zero-order chi connectivity index (χ0) is 18.9. The number of hydrogen-bond acceptors (Lipinski definition) is 5. The SMILES string of the molecule is C/C(=N/NC(=S)NCC[NH+]1CCOCC1)c1ccc(N2CCOCC2)cc1. The van der Waals surface area contributed by atoms with E-state index in [1.165, 1.54) is 5.69 Å². The van der Waals surface area contributed by atoms with E-state index >= 15 is 0 Å². The molecule has 2 saturated heterocycles. The zero-order valence-electron chi connectivity index (χ0n) is 16.0. The summed E-state index contributed by atoms with van der Waals surface area (Å²) in [5, 5.41) is 8.19. The minimum Gasteiger partial charge on any atom is -0.378 e. The maximum Gasteiger partial charge on any atom is 0.187 e. The largest absolute Gasteiger partial charge is 0.378 e. The Bertz CT molecular complexity index is 625. The minimum atomic E-state index is 0.562. The first-order chi connectivity index (χ1) is 13.2. The van der Waals surface area contributed by atoms with E-state index in [0.29, 0.717) is 5.11 Å². The van der Waals surface area contributed by atoms with Crippen LogP contribution in [0.25, 0.3) is 0 Å². The lowest BCUT2D eigenvalue weighted by Gasteiger charge is -2.28. The predicted molar refractivity (Wildman–Crippen MR) is 112 cm³/mol. The molecule has 1 aromatic rings. The van der Waals surface area contributed by atoms with Crippen LogP contribution in [0, 0.1) is 0 Å². The average molecular weight is 393 g/mol. The van der Waals surface area contributed by atoms with Gasteiger partial charge in [-0.1, -0.05) is 12.1 Å². The topological polar surface area (TPSA) is 62.6 Å². The van der Waals surface area contributed by atoms with Crippen molar-refractivity contribution in [2.24, 2.45) is 5.10 Å². The molecule has 8 heteroatoms. The molecule has 0 aromatic heterocycles. The van der Waals surface area contributed by atoms with Gasteiger partial charge in [0.1, 0.15) is 13.1 Å². The Morgan fingerprint density at radius 3 is 2.48 bits per heavy atom. The van der Waals surface area contributed by atoms with Gasteiger partial charge in [0.05, 0.1) is 45.2 Å². The zero-order valence-corrected chi connectivity index (χ0v) is 16.8. The summed E-state index contributed by atoms with van der Waals surface area (Å²) >= 11 is 5.31. The van der Waals surface area contributed by atoms with Crippen molar-refractivity contribution in [3.63, 3.8) is 0 Å². The molecule has 0 radical (unpaired) electrons. The van der Waals surface area contributed by atoms with E-state index in [1.807, 2.05) is 6.92 Å². The summed E-state index contributed by atoms with van der Waals surface area (Å²) in [7, 11) is 0. The van der Waals surface area contributed by atoms with Gasteiger partial charge in [-0.3, -0.25) is 5.43 Å².